The molecular weight excluding hydrogens is 473 g/mol. The van der Waals surface area contributed by atoms with Crippen LogP contribution in [0.5, 0.6) is 0 Å². The molecule has 150 valence electrons. The van der Waals surface area contributed by atoms with E-state index in [1.165, 1.54) is 23.8 Å². The summed E-state index contributed by atoms with van der Waals surface area (Å²) >= 11 is 0. The Morgan fingerprint density at radius 2 is 1.75 bits per heavy atom. The summed E-state index contributed by atoms with van der Waals surface area (Å²) in [4.78, 5) is 6.08. The molecule has 7 heteroatoms. The number of hydrogen-bond acceptors (Lipinski definition) is 2. The maximum absolute atomic E-state index is 14.0. The Balaban J connectivity index is 0.00000225. The van der Waals surface area contributed by atoms with Crippen LogP contribution in [0.25, 0.3) is 0 Å². The van der Waals surface area contributed by atoms with Crippen LogP contribution in [0, 0.1) is 11.6 Å². The molecule has 0 radical (unpaired) electrons. The Bertz CT molecular complexity index is 810. The first-order valence-corrected chi connectivity index (χ1v) is 9.39. The maximum Gasteiger partial charge on any atom is 0.191 e. The topological polar surface area (TPSA) is 39.7 Å². The van der Waals surface area contributed by atoms with Crippen LogP contribution in [0.2, 0.25) is 0 Å². The Kier molecular flexibility index (Phi) is 6.74. The molecule has 2 aliphatic rings. The first kappa shape index (κ1) is 20.8. The van der Waals surface area contributed by atoms with E-state index in [9.17, 15) is 8.78 Å². The highest BCUT2D eigenvalue weighted by molar-refractivity contribution is 14.0. The summed E-state index contributed by atoms with van der Waals surface area (Å²) in [6.07, 6.45) is 1.89. The molecule has 3 unspecified atom stereocenters. The standard InChI is InChI=1S/C21H24F2N4.HI/c1-24-21(26-19-12-16(19)14-6-3-2-4-7-14)25-15-10-11-27(13-15)20-17(22)8-5-9-18(20)23;/h2-9,15-16,19H,10-13H2,1H3,(H2,24,25,26);1H. The molecule has 4 rings (SSSR count). The average Bonchev–Trinajstić information content (AvgIpc) is 3.30. The van der Waals surface area contributed by atoms with E-state index in [4.69, 9.17) is 0 Å². The van der Waals surface area contributed by atoms with E-state index in [0.717, 1.165) is 18.8 Å². The van der Waals surface area contributed by atoms with E-state index in [1.807, 2.05) is 6.07 Å². The molecule has 2 N–H and O–H groups in total. The molecule has 0 amide bonds. The number of aliphatic imine (C=N–C) groups is 1. The second-order valence-corrected chi connectivity index (χ2v) is 7.22. The number of nitrogens with one attached hydrogen (secondary N) is 2. The number of nitrogens with zero attached hydrogens (tertiary/aromatic N) is 2. The van der Waals surface area contributed by atoms with Crippen molar-refractivity contribution in [1.82, 2.24) is 10.6 Å². The van der Waals surface area contributed by atoms with Gasteiger partial charge in [0.1, 0.15) is 17.3 Å². The number of guanidine groups is 1. The van der Waals surface area contributed by atoms with Crippen LogP contribution >= 0.6 is 24.0 Å². The summed E-state index contributed by atoms with van der Waals surface area (Å²) in [5.74, 6) is 0.236. The Hall–Kier alpha value is -1.90. The van der Waals surface area contributed by atoms with Crippen molar-refractivity contribution in [2.24, 2.45) is 4.99 Å². The summed E-state index contributed by atoms with van der Waals surface area (Å²) < 4.78 is 28.0. The lowest BCUT2D eigenvalue weighted by atomic mass is 10.1. The van der Waals surface area contributed by atoms with Crippen molar-refractivity contribution in [2.45, 2.75) is 30.8 Å². The second-order valence-electron chi connectivity index (χ2n) is 7.22. The third kappa shape index (κ3) is 4.56. The van der Waals surface area contributed by atoms with Gasteiger partial charge in [-0.15, -0.1) is 24.0 Å². The first-order chi connectivity index (χ1) is 13.2. The van der Waals surface area contributed by atoms with E-state index in [-0.39, 0.29) is 35.7 Å². The lowest BCUT2D eigenvalue weighted by Gasteiger charge is -2.21. The smallest absolute Gasteiger partial charge is 0.191 e. The lowest BCUT2D eigenvalue weighted by molar-refractivity contribution is 0.576. The molecule has 2 fully saturated rings. The molecule has 1 heterocycles. The molecule has 2 aromatic rings. The summed E-state index contributed by atoms with van der Waals surface area (Å²) in [5, 5.41) is 6.87. The zero-order chi connectivity index (χ0) is 18.8. The van der Waals surface area contributed by atoms with Gasteiger partial charge < -0.3 is 15.5 Å². The highest BCUT2D eigenvalue weighted by Crippen LogP contribution is 2.40. The van der Waals surface area contributed by atoms with Crippen LogP contribution in [-0.2, 0) is 0 Å². The summed E-state index contributed by atoms with van der Waals surface area (Å²) in [6.45, 7) is 1.16. The molecule has 0 aromatic heterocycles. The van der Waals surface area contributed by atoms with Crippen LogP contribution in [-0.4, -0.2) is 38.2 Å². The number of para-hydroxylation sites is 1. The molecule has 0 spiro atoms. The second kappa shape index (κ2) is 9.07. The SMILES string of the molecule is CN=C(NC1CCN(c2c(F)cccc2F)C1)NC1CC1c1ccccc1.I. The van der Waals surface area contributed by atoms with Crippen LogP contribution in [0.3, 0.4) is 0 Å². The fourth-order valence-corrected chi connectivity index (χ4v) is 3.84. The van der Waals surface area contributed by atoms with E-state index < -0.39 is 11.6 Å². The minimum absolute atomic E-state index is 0. The number of anilines is 1. The van der Waals surface area contributed by atoms with E-state index in [0.29, 0.717) is 25.0 Å². The normalized spacial score (nSPS) is 23.9. The van der Waals surface area contributed by atoms with Gasteiger partial charge in [0, 0.05) is 38.1 Å². The van der Waals surface area contributed by atoms with Gasteiger partial charge in [0.25, 0.3) is 0 Å². The molecule has 1 saturated carbocycles. The van der Waals surface area contributed by atoms with Gasteiger partial charge in [0.05, 0.1) is 0 Å². The van der Waals surface area contributed by atoms with Gasteiger partial charge in [-0.25, -0.2) is 8.78 Å². The third-order valence-corrected chi connectivity index (χ3v) is 5.35. The molecule has 0 bridgehead atoms. The first-order valence-electron chi connectivity index (χ1n) is 9.39. The minimum atomic E-state index is -0.512. The Morgan fingerprint density at radius 1 is 1.04 bits per heavy atom. The van der Waals surface area contributed by atoms with Gasteiger partial charge >= 0.3 is 0 Å². The highest BCUT2D eigenvalue weighted by atomic mass is 127. The molecule has 4 nitrogen and oxygen atoms in total. The fourth-order valence-electron chi connectivity index (χ4n) is 3.84. The molecule has 3 atom stereocenters. The quantitative estimate of drug-likeness (QED) is 0.382. The Morgan fingerprint density at radius 3 is 2.43 bits per heavy atom. The third-order valence-electron chi connectivity index (χ3n) is 5.35. The number of halogens is 3. The zero-order valence-electron chi connectivity index (χ0n) is 15.7. The summed E-state index contributed by atoms with van der Waals surface area (Å²) in [6, 6.07) is 14.9. The van der Waals surface area contributed by atoms with Crippen LogP contribution in [0.4, 0.5) is 14.5 Å². The van der Waals surface area contributed by atoms with Crippen molar-refractivity contribution in [3.8, 4) is 0 Å². The highest BCUT2D eigenvalue weighted by Gasteiger charge is 2.39. The molecule has 28 heavy (non-hydrogen) atoms. The van der Waals surface area contributed by atoms with Gasteiger partial charge in [-0.05, 0) is 30.5 Å². The van der Waals surface area contributed by atoms with E-state index in [1.54, 1.807) is 11.9 Å². The molecule has 1 aliphatic heterocycles. The lowest BCUT2D eigenvalue weighted by Crippen LogP contribution is -2.45. The van der Waals surface area contributed by atoms with Gasteiger partial charge in [0.2, 0.25) is 0 Å². The average molecular weight is 498 g/mol. The molecule has 1 saturated heterocycles. The van der Waals surface area contributed by atoms with Crippen molar-refractivity contribution in [1.29, 1.82) is 0 Å². The van der Waals surface area contributed by atoms with Crippen molar-refractivity contribution in [3.05, 3.63) is 65.7 Å². The number of benzene rings is 2. The van der Waals surface area contributed by atoms with Gasteiger partial charge in [0.15, 0.2) is 5.96 Å². The van der Waals surface area contributed by atoms with Gasteiger partial charge in [-0.2, -0.15) is 0 Å². The van der Waals surface area contributed by atoms with Crippen LogP contribution in [0.15, 0.2) is 53.5 Å². The van der Waals surface area contributed by atoms with Crippen molar-refractivity contribution in [3.63, 3.8) is 0 Å². The summed E-state index contributed by atoms with van der Waals surface area (Å²) in [7, 11) is 1.75. The van der Waals surface area contributed by atoms with Crippen molar-refractivity contribution < 1.29 is 8.78 Å². The Labute approximate surface area is 181 Å². The number of hydrogen-bond donors (Lipinski definition) is 2. The van der Waals surface area contributed by atoms with E-state index in [2.05, 4.69) is 39.9 Å². The monoisotopic (exact) mass is 498 g/mol. The van der Waals surface area contributed by atoms with Crippen molar-refractivity contribution in [2.75, 3.05) is 25.0 Å². The molecule has 1 aliphatic carbocycles. The van der Waals surface area contributed by atoms with Crippen LogP contribution < -0.4 is 15.5 Å². The zero-order valence-corrected chi connectivity index (χ0v) is 18.1. The fraction of sp³-hybridized carbons (Fsp3) is 0.381. The van der Waals surface area contributed by atoms with Gasteiger partial charge in [-0.3, -0.25) is 4.99 Å². The molecular formula is C21H25F2IN4. The summed E-state index contributed by atoms with van der Waals surface area (Å²) in [5.41, 5.74) is 1.41. The minimum Gasteiger partial charge on any atom is -0.365 e. The number of rotatable bonds is 4. The van der Waals surface area contributed by atoms with E-state index >= 15 is 0 Å². The predicted octanol–water partition coefficient (Wildman–Crippen LogP) is 3.88. The largest absolute Gasteiger partial charge is 0.365 e. The van der Waals surface area contributed by atoms with Crippen LogP contribution in [0.1, 0.15) is 24.3 Å². The van der Waals surface area contributed by atoms with Gasteiger partial charge in [-0.1, -0.05) is 36.4 Å². The maximum atomic E-state index is 14.0. The van der Waals surface area contributed by atoms with Crippen molar-refractivity contribution >= 4 is 35.6 Å². The molecule has 2 aromatic carbocycles. The predicted molar refractivity (Wildman–Crippen MR) is 120 cm³/mol.